The Kier molecular flexibility index (Phi) is 5.24. The van der Waals surface area contributed by atoms with E-state index >= 15 is 0 Å². The number of phenols is 1. The van der Waals surface area contributed by atoms with Crippen LogP contribution in [0.5, 0.6) is 5.75 Å². The van der Waals surface area contributed by atoms with E-state index < -0.39 is 0 Å². The van der Waals surface area contributed by atoms with Crippen LogP contribution in [-0.2, 0) is 0 Å². The number of benzene rings is 2. The molecule has 0 spiro atoms. The van der Waals surface area contributed by atoms with Crippen LogP contribution in [-0.4, -0.2) is 17.2 Å². The van der Waals surface area contributed by atoms with Gasteiger partial charge in [-0.1, -0.05) is 29.8 Å². The molecule has 1 aromatic heterocycles. The summed E-state index contributed by atoms with van der Waals surface area (Å²) < 4.78 is 2.00. The average molecular weight is 489 g/mol. The Hall–Kier alpha value is -1.41. The van der Waals surface area contributed by atoms with Gasteiger partial charge in [0.15, 0.2) is 0 Å². The zero-order valence-electron chi connectivity index (χ0n) is 11.9. The predicted octanol–water partition coefficient (Wildman–Crippen LogP) is 5.55. The van der Waals surface area contributed by atoms with Gasteiger partial charge in [0.2, 0.25) is 0 Å². The third-order valence-electron chi connectivity index (χ3n) is 3.16. The predicted molar refractivity (Wildman–Crippen MR) is 105 cm³/mol. The van der Waals surface area contributed by atoms with Gasteiger partial charge in [0.1, 0.15) is 10.6 Å². The van der Waals surface area contributed by atoms with Gasteiger partial charge in [0.25, 0.3) is 5.91 Å². The van der Waals surface area contributed by atoms with Gasteiger partial charge in [-0.05, 0) is 55.6 Å². The molecule has 4 nitrogen and oxygen atoms in total. The van der Waals surface area contributed by atoms with Crippen LogP contribution in [0, 0.1) is 0 Å². The summed E-state index contributed by atoms with van der Waals surface area (Å²) in [6, 6.07) is 10.9. The molecular formula is C16H9Br2ClN2O2S. The van der Waals surface area contributed by atoms with Crippen molar-refractivity contribution >= 4 is 77.0 Å². The zero-order chi connectivity index (χ0) is 17.3. The molecule has 8 heteroatoms. The number of carbonyl (C=O) groups is 1. The summed E-state index contributed by atoms with van der Waals surface area (Å²) in [5, 5.41) is 14.9. The molecule has 3 rings (SSSR count). The molecule has 122 valence electrons. The highest BCUT2D eigenvalue weighted by Crippen LogP contribution is 2.35. The van der Waals surface area contributed by atoms with Crippen molar-refractivity contribution < 1.29 is 9.90 Å². The second kappa shape index (κ2) is 7.23. The van der Waals surface area contributed by atoms with Crippen LogP contribution < -0.4 is 5.43 Å². The molecule has 24 heavy (non-hydrogen) atoms. The average Bonchev–Trinajstić information content (AvgIpc) is 2.90. The molecule has 0 radical (unpaired) electrons. The first-order valence-electron chi connectivity index (χ1n) is 6.66. The Bertz CT molecular complexity index is 949. The fourth-order valence-corrected chi connectivity index (χ4v) is 4.66. The van der Waals surface area contributed by atoms with E-state index in [1.54, 1.807) is 12.1 Å². The maximum absolute atomic E-state index is 12.3. The lowest BCUT2D eigenvalue weighted by Crippen LogP contribution is -2.16. The van der Waals surface area contributed by atoms with Gasteiger partial charge >= 0.3 is 0 Å². The number of rotatable bonds is 3. The molecule has 2 aromatic carbocycles. The minimum Gasteiger partial charge on any atom is -0.506 e. The molecule has 1 heterocycles. The summed E-state index contributed by atoms with van der Waals surface area (Å²) in [5.41, 5.74) is 3.17. The van der Waals surface area contributed by atoms with Crippen LogP contribution in [0.2, 0.25) is 5.02 Å². The molecule has 0 atom stereocenters. The Labute approximate surface area is 163 Å². The van der Waals surface area contributed by atoms with E-state index in [0.717, 1.165) is 10.1 Å². The maximum Gasteiger partial charge on any atom is 0.283 e. The molecule has 3 aromatic rings. The van der Waals surface area contributed by atoms with Crippen molar-refractivity contribution in [1.29, 1.82) is 0 Å². The Morgan fingerprint density at radius 2 is 1.92 bits per heavy atom. The summed E-state index contributed by atoms with van der Waals surface area (Å²) in [6.45, 7) is 0. The highest BCUT2D eigenvalue weighted by Gasteiger charge is 2.16. The maximum atomic E-state index is 12.3. The topological polar surface area (TPSA) is 61.7 Å². The van der Waals surface area contributed by atoms with Gasteiger partial charge in [-0.15, -0.1) is 11.3 Å². The van der Waals surface area contributed by atoms with E-state index in [1.807, 2.05) is 24.3 Å². The number of nitrogens with one attached hydrogen (secondary N) is 1. The first-order chi connectivity index (χ1) is 11.5. The number of hydrazone groups is 1. The number of fused-ring (bicyclic) bond motifs is 1. The van der Waals surface area contributed by atoms with Crippen molar-refractivity contribution in [3.05, 3.63) is 60.8 Å². The SMILES string of the molecule is O=C(NN=Cc1cc(Br)c(O)c(Br)c1)c1sc2ccccc2c1Cl. The largest absolute Gasteiger partial charge is 0.506 e. The van der Waals surface area contributed by atoms with Gasteiger partial charge in [-0.3, -0.25) is 4.79 Å². The number of aromatic hydroxyl groups is 1. The minimum absolute atomic E-state index is 0.105. The smallest absolute Gasteiger partial charge is 0.283 e. The van der Waals surface area contributed by atoms with E-state index in [2.05, 4.69) is 42.4 Å². The van der Waals surface area contributed by atoms with Crippen molar-refractivity contribution in [2.45, 2.75) is 0 Å². The van der Waals surface area contributed by atoms with E-state index in [4.69, 9.17) is 11.6 Å². The van der Waals surface area contributed by atoms with Crippen LogP contribution in [0.1, 0.15) is 15.2 Å². The number of hydrogen-bond donors (Lipinski definition) is 2. The number of nitrogens with zero attached hydrogens (tertiary/aromatic N) is 1. The first kappa shape index (κ1) is 17.4. The fourth-order valence-electron chi connectivity index (χ4n) is 2.04. The number of hydrogen-bond acceptors (Lipinski definition) is 4. The second-order valence-electron chi connectivity index (χ2n) is 4.77. The molecule has 0 fully saturated rings. The number of halogens is 3. The summed E-state index contributed by atoms with van der Waals surface area (Å²) in [5.74, 6) is -0.261. The van der Waals surface area contributed by atoms with Crippen molar-refractivity contribution in [3.8, 4) is 5.75 Å². The lowest BCUT2D eigenvalue weighted by atomic mass is 10.2. The van der Waals surface area contributed by atoms with Crippen LogP contribution in [0.4, 0.5) is 0 Å². The molecule has 0 unspecified atom stereocenters. The van der Waals surface area contributed by atoms with E-state index in [1.165, 1.54) is 17.6 Å². The number of thiophene rings is 1. The van der Waals surface area contributed by atoms with Crippen molar-refractivity contribution in [2.24, 2.45) is 5.10 Å². The fraction of sp³-hybridized carbons (Fsp3) is 0. The third-order valence-corrected chi connectivity index (χ3v) is 6.04. The van der Waals surface area contributed by atoms with E-state index in [0.29, 0.717) is 24.4 Å². The number of amides is 1. The molecule has 0 aliphatic rings. The monoisotopic (exact) mass is 486 g/mol. The molecular weight excluding hydrogens is 480 g/mol. The summed E-state index contributed by atoms with van der Waals surface area (Å²) in [7, 11) is 0. The summed E-state index contributed by atoms with van der Waals surface area (Å²) in [6.07, 6.45) is 1.48. The summed E-state index contributed by atoms with van der Waals surface area (Å²) >= 11 is 14.1. The van der Waals surface area contributed by atoms with Gasteiger partial charge in [-0.2, -0.15) is 5.10 Å². The van der Waals surface area contributed by atoms with Crippen LogP contribution in [0.15, 0.2) is 50.4 Å². The highest BCUT2D eigenvalue weighted by molar-refractivity contribution is 9.11. The standard InChI is InChI=1S/C16H9Br2ClN2O2S/c17-10-5-8(6-11(18)14(10)22)7-20-21-16(23)15-13(19)9-3-1-2-4-12(9)24-15/h1-7,22H,(H,21,23). The van der Waals surface area contributed by atoms with Crippen molar-refractivity contribution in [2.75, 3.05) is 0 Å². The van der Waals surface area contributed by atoms with Crippen molar-refractivity contribution in [3.63, 3.8) is 0 Å². The zero-order valence-corrected chi connectivity index (χ0v) is 16.6. The van der Waals surface area contributed by atoms with E-state index in [9.17, 15) is 9.90 Å². The third kappa shape index (κ3) is 3.49. The normalized spacial score (nSPS) is 11.3. The van der Waals surface area contributed by atoms with E-state index in [-0.39, 0.29) is 11.7 Å². The van der Waals surface area contributed by atoms with Gasteiger partial charge in [0.05, 0.1) is 20.2 Å². The van der Waals surface area contributed by atoms with Crippen LogP contribution in [0.3, 0.4) is 0 Å². The molecule has 0 bridgehead atoms. The number of phenolic OH excluding ortho intramolecular Hbond substituents is 1. The van der Waals surface area contributed by atoms with Crippen LogP contribution in [0.25, 0.3) is 10.1 Å². The Morgan fingerprint density at radius 1 is 1.25 bits per heavy atom. The summed E-state index contributed by atoms with van der Waals surface area (Å²) in [4.78, 5) is 12.7. The van der Waals surface area contributed by atoms with Gasteiger partial charge < -0.3 is 5.11 Å². The van der Waals surface area contributed by atoms with Gasteiger partial charge in [0, 0.05) is 10.1 Å². The Balaban J connectivity index is 1.78. The van der Waals surface area contributed by atoms with Crippen LogP contribution >= 0.6 is 54.8 Å². The minimum atomic E-state index is -0.366. The second-order valence-corrected chi connectivity index (χ2v) is 7.91. The molecule has 0 saturated heterocycles. The Morgan fingerprint density at radius 3 is 2.58 bits per heavy atom. The molecule has 0 saturated carbocycles. The first-order valence-corrected chi connectivity index (χ1v) is 9.44. The molecule has 1 amide bonds. The number of carbonyl (C=O) groups excluding carboxylic acids is 1. The molecule has 2 N–H and O–H groups in total. The lowest BCUT2D eigenvalue weighted by Gasteiger charge is -2.02. The van der Waals surface area contributed by atoms with Crippen molar-refractivity contribution in [1.82, 2.24) is 5.43 Å². The molecule has 0 aliphatic heterocycles. The van der Waals surface area contributed by atoms with Gasteiger partial charge in [-0.25, -0.2) is 5.43 Å². The molecule has 0 aliphatic carbocycles. The lowest BCUT2D eigenvalue weighted by molar-refractivity contribution is 0.0959. The highest BCUT2D eigenvalue weighted by atomic mass is 79.9. The quantitative estimate of drug-likeness (QED) is 0.375.